The molecule has 102 valence electrons. The maximum absolute atomic E-state index is 11.6. The molecule has 3 N–H and O–H groups in total. The minimum Gasteiger partial charge on any atom is -0.326 e. The first kappa shape index (κ1) is 13.4. The van der Waals surface area contributed by atoms with Crippen LogP contribution < -0.4 is 16.2 Å². The van der Waals surface area contributed by atoms with E-state index in [1.165, 1.54) is 4.90 Å². The molecule has 2 rings (SSSR count). The van der Waals surface area contributed by atoms with Gasteiger partial charge in [0.25, 0.3) is 0 Å². The first-order chi connectivity index (χ1) is 9.02. The summed E-state index contributed by atoms with van der Waals surface area (Å²) < 4.78 is 0. The highest BCUT2D eigenvalue weighted by molar-refractivity contribution is 6.00. The third-order valence-electron chi connectivity index (χ3n) is 3.43. The van der Waals surface area contributed by atoms with Crippen LogP contribution in [0.2, 0.25) is 0 Å². The Balaban J connectivity index is 2.02. The number of hydrazine groups is 1. The molecule has 0 aliphatic carbocycles. The van der Waals surface area contributed by atoms with Crippen LogP contribution in [0.5, 0.6) is 0 Å². The molecule has 0 atom stereocenters. The molecule has 6 heteroatoms. The van der Waals surface area contributed by atoms with Gasteiger partial charge in [-0.2, -0.15) is 0 Å². The zero-order chi connectivity index (χ0) is 14.0. The van der Waals surface area contributed by atoms with E-state index >= 15 is 0 Å². The standard InChI is InChI=1S/C13H18N4O2/c1-16(13(19)15-14)6-5-9-3-4-11-10(7-9)8-12(18)17(11)2/h3-4,7H,5-6,8,14H2,1-2H3,(H,15,19). The highest BCUT2D eigenvalue weighted by Gasteiger charge is 2.23. The van der Waals surface area contributed by atoms with Gasteiger partial charge in [-0.3, -0.25) is 10.2 Å². The minimum atomic E-state index is -0.309. The predicted octanol–water partition coefficient (Wildman–Crippen LogP) is 0.263. The molecule has 0 bridgehead atoms. The molecule has 0 spiro atoms. The number of fused-ring (bicyclic) bond motifs is 1. The third-order valence-corrected chi connectivity index (χ3v) is 3.43. The highest BCUT2D eigenvalue weighted by Crippen LogP contribution is 2.28. The maximum atomic E-state index is 11.6. The van der Waals surface area contributed by atoms with Crippen molar-refractivity contribution in [3.8, 4) is 0 Å². The van der Waals surface area contributed by atoms with E-state index in [9.17, 15) is 9.59 Å². The molecule has 0 fully saturated rings. The SMILES string of the molecule is CN(CCc1ccc2c(c1)CC(=O)N2C)C(=O)NN. The normalized spacial score (nSPS) is 13.4. The van der Waals surface area contributed by atoms with E-state index in [-0.39, 0.29) is 11.9 Å². The lowest BCUT2D eigenvalue weighted by molar-refractivity contribution is -0.117. The largest absolute Gasteiger partial charge is 0.331 e. The lowest BCUT2D eigenvalue weighted by atomic mass is 10.1. The molecule has 1 aromatic carbocycles. The zero-order valence-corrected chi connectivity index (χ0v) is 11.1. The second kappa shape index (κ2) is 5.27. The van der Waals surface area contributed by atoms with Gasteiger partial charge in [-0.25, -0.2) is 10.6 Å². The molecule has 6 nitrogen and oxygen atoms in total. The number of likely N-dealkylation sites (N-methyl/N-ethyl adjacent to an activating group) is 2. The summed E-state index contributed by atoms with van der Waals surface area (Å²) in [5.41, 5.74) is 5.23. The number of urea groups is 1. The van der Waals surface area contributed by atoms with Crippen molar-refractivity contribution >= 4 is 17.6 Å². The molecule has 19 heavy (non-hydrogen) atoms. The summed E-state index contributed by atoms with van der Waals surface area (Å²) in [5, 5.41) is 0. The average Bonchev–Trinajstić information content (AvgIpc) is 2.70. The summed E-state index contributed by atoms with van der Waals surface area (Å²) in [5.74, 6) is 5.18. The van der Waals surface area contributed by atoms with Gasteiger partial charge in [-0.1, -0.05) is 12.1 Å². The van der Waals surface area contributed by atoms with Crippen molar-refractivity contribution in [3.63, 3.8) is 0 Å². The molecule has 0 radical (unpaired) electrons. The Morgan fingerprint density at radius 1 is 1.53 bits per heavy atom. The minimum absolute atomic E-state index is 0.117. The van der Waals surface area contributed by atoms with Crippen LogP contribution in [0.25, 0.3) is 0 Å². The molecule has 0 saturated heterocycles. The molecule has 0 saturated carbocycles. The Morgan fingerprint density at radius 2 is 2.26 bits per heavy atom. The van der Waals surface area contributed by atoms with Crippen molar-refractivity contribution in [2.45, 2.75) is 12.8 Å². The number of carbonyl (C=O) groups excluding carboxylic acids is 2. The molecule has 1 heterocycles. The summed E-state index contributed by atoms with van der Waals surface area (Å²) in [7, 11) is 3.47. The van der Waals surface area contributed by atoms with E-state index < -0.39 is 0 Å². The van der Waals surface area contributed by atoms with Gasteiger partial charge < -0.3 is 9.80 Å². The molecule has 1 aliphatic heterocycles. The number of nitrogens with zero attached hydrogens (tertiary/aromatic N) is 2. The molecular weight excluding hydrogens is 244 g/mol. The summed E-state index contributed by atoms with van der Waals surface area (Å²) in [4.78, 5) is 26.0. The monoisotopic (exact) mass is 262 g/mol. The van der Waals surface area contributed by atoms with Crippen LogP contribution in [0.1, 0.15) is 11.1 Å². The number of hydrogen-bond donors (Lipinski definition) is 2. The van der Waals surface area contributed by atoms with Gasteiger partial charge in [0.05, 0.1) is 6.42 Å². The lowest BCUT2D eigenvalue weighted by Gasteiger charge is -2.16. The van der Waals surface area contributed by atoms with Crippen LogP contribution >= 0.6 is 0 Å². The van der Waals surface area contributed by atoms with Crippen LogP contribution in [-0.2, 0) is 17.6 Å². The van der Waals surface area contributed by atoms with E-state index in [1.807, 2.05) is 18.2 Å². The van der Waals surface area contributed by atoms with Crippen molar-refractivity contribution in [2.75, 3.05) is 25.5 Å². The second-order valence-corrected chi connectivity index (χ2v) is 4.71. The van der Waals surface area contributed by atoms with Crippen molar-refractivity contribution < 1.29 is 9.59 Å². The summed E-state index contributed by atoms with van der Waals surface area (Å²) in [6.45, 7) is 0.575. The lowest BCUT2D eigenvalue weighted by Crippen LogP contribution is -2.41. The molecular formula is C13H18N4O2. The fourth-order valence-corrected chi connectivity index (χ4v) is 2.19. The Morgan fingerprint density at radius 3 is 2.95 bits per heavy atom. The van der Waals surface area contributed by atoms with E-state index in [0.29, 0.717) is 13.0 Å². The van der Waals surface area contributed by atoms with Crippen LogP contribution in [-0.4, -0.2) is 37.5 Å². The highest BCUT2D eigenvalue weighted by atomic mass is 16.2. The second-order valence-electron chi connectivity index (χ2n) is 4.71. The first-order valence-corrected chi connectivity index (χ1v) is 6.13. The van der Waals surface area contributed by atoms with E-state index in [4.69, 9.17) is 5.84 Å². The summed E-state index contributed by atoms with van der Waals surface area (Å²) in [6.07, 6.45) is 1.19. The van der Waals surface area contributed by atoms with Gasteiger partial charge in [-0.05, 0) is 23.6 Å². The fourth-order valence-electron chi connectivity index (χ4n) is 2.19. The van der Waals surface area contributed by atoms with Gasteiger partial charge in [0.2, 0.25) is 5.91 Å². The number of nitrogens with one attached hydrogen (secondary N) is 1. The van der Waals surface area contributed by atoms with Crippen LogP contribution in [0.3, 0.4) is 0 Å². The third kappa shape index (κ3) is 2.68. The smallest absolute Gasteiger partial charge is 0.326 e. The molecule has 0 aromatic heterocycles. The Kier molecular flexibility index (Phi) is 3.71. The number of nitrogens with two attached hydrogens (primary N) is 1. The Labute approximate surface area is 112 Å². The van der Waals surface area contributed by atoms with Gasteiger partial charge in [0.15, 0.2) is 0 Å². The van der Waals surface area contributed by atoms with Crippen LogP contribution in [0.15, 0.2) is 18.2 Å². The number of carbonyl (C=O) groups is 2. The molecule has 3 amide bonds. The topological polar surface area (TPSA) is 78.7 Å². The molecule has 0 unspecified atom stereocenters. The molecule has 1 aliphatic rings. The number of hydrogen-bond acceptors (Lipinski definition) is 3. The van der Waals surface area contributed by atoms with Gasteiger partial charge in [0, 0.05) is 26.3 Å². The van der Waals surface area contributed by atoms with Crippen LogP contribution in [0, 0.1) is 0 Å². The number of rotatable bonds is 3. The Hall–Kier alpha value is -2.08. The predicted molar refractivity (Wildman–Crippen MR) is 72.6 cm³/mol. The first-order valence-electron chi connectivity index (χ1n) is 6.13. The van der Waals surface area contributed by atoms with E-state index in [2.05, 4.69) is 5.43 Å². The van der Waals surface area contributed by atoms with E-state index in [1.54, 1.807) is 19.0 Å². The van der Waals surface area contributed by atoms with Gasteiger partial charge in [-0.15, -0.1) is 0 Å². The fraction of sp³-hybridized carbons (Fsp3) is 0.385. The molecule has 1 aromatic rings. The number of anilines is 1. The van der Waals surface area contributed by atoms with Crippen molar-refractivity contribution in [1.82, 2.24) is 10.3 Å². The number of benzene rings is 1. The maximum Gasteiger partial charge on any atom is 0.331 e. The quantitative estimate of drug-likeness (QED) is 0.466. The van der Waals surface area contributed by atoms with Crippen molar-refractivity contribution in [2.24, 2.45) is 5.84 Å². The van der Waals surface area contributed by atoms with Crippen molar-refractivity contribution in [1.29, 1.82) is 0 Å². The summed E-state index contributed by atoms with van der Waals surface area (Å²) in [6, 6.07) is 5.67. The zero-order valence-electron chi connectivity index (χ0n) is 11.1. The van der Waals surface area contributed by atoms with Gasteiger partial charge in [0.1, 0.15) is 0 Å². The average molecular weight is 262 g/mol. The van der Waals surface area contributed by atoms with Crippen LogP contribution in [0.4, 0.5) is 10.5 Å². The summed E-state index contributed by atoms with van der Waals surface area (Å²) >= 11 is 0. The van der Waals surface area contributed by atoms with Gasteiger partial charge >= 0.3 is 6.03 Å². The number of amides is 3. The van der Waals surface area contributed by atoms with E-state index in [0.717, 1.165) is 23.2 Å². The van der Waals surface area contributed by atoms with Crippen molar-refractivity contribution in [3.05, 3.63) is 29.3 Å². The Bertz CT molecular complexity index is 515.